The second-order valence-corrected chi connectivity index (χ2v) is 13.6. The number of hydrogen-bond acceptors (Lipinski definition) is 9. The summed E-state index contributed by atoms with van der Waals surface area (Å²) in [5, 5.41) is 26.6. The molecule has 5 rings (SSSR count). The van der Waals surface area contributed by atoms with Gasteiger partial charge in [0.1, 0.15) is 34.4 Å². The SMILES string of the molecule is COc1ccc(C(CC(=O)NC(CCSC)c2nc3ccccc3[nH]2)c2c(O)cc3c(c2O)C(=O)OC(C)CCCC(=O)CCCC=C3)cc1. The lowest BCUT2D eigenvalue weighted by atomic mass is 9.84. The van der Waals surface area contributed by atoms with Crippen LogP contribution in [0, 0.1) is 0 Å². The van der Waals surface area contributed by atoms with Crippen molar-refractivity contribution in [3.63, 3.8) is 0 Å². The lowest BCUT2D eigenvalue weighted by Crippen LogP contribution is -2.31. The van der Waals surface area contributed by atoms with E-state index in [0.29, 0.717) is 62.1 Å². The van der Waals surface area contributed by atoms with E-state index in [2.05, 4.69) is 10.3 Å². The van der Waals surface area contributed by atoms with E-state index in [-0.39, 0.29) is 40.6 Å². The average Bonchev–Trinajstić information content (AvgIpc) is 3.53. The third-order valence-corrected chi connectivity index (χ3v) is 9.63. The van der Waals surface area contributed by atoms with Crippen molar-refractivity contribution in [1.29, 1.82) is 0 Å². The van der Waals surface area contributed by atoms with Crippen molar-refractivity contribution >= 4 is 46.5 Å². The molecule has 0 radical (unpaired) electrons. The molecule has 1 aliphatic heterocycles. The molecule has 3 atom stereocenters. The highest BCUT2D eigenvalue weighted by Crippen LogP contribution is 2.44. The Hall–Kier alpha value is -4.77. The maximum atomic E-state index is 14.0. The second-order valence-electron chi connectivity index (χ2n) is 12.6. The van der Waals surface area contributed by atoms with Crippen LogP contribution < -0.4 is 10.1 Å². The lowest BCUT2D eigenvalue weighted by molar-refractivity contribution is -0.122. The monoisotopic (exact) mass is 699 g/mol. The number of carbonyl (C=O) groups excluding carboxylic acids is 3. The van der Waals surface area contributed by atoms with Gasteiger partial charge in [0.25, 0.3) is 0 Å². The summed E-state index contributed by atoms with van der Waals surface area (Å²) in [6.45, 7) is 1.75. The number of ether oxygens (including phenoxy) is 2. The number of rotatable bonds is 10. The normalized spacial score (nSPS) is 17.0. The van der Waals surface area contributed by atoms with Crippen LogP contribution in [0.1, 0.15) is 103 Å². The molecule has 264 valence electrons. The van der Waals surface area contributed by atoms with Crippen LogP contribution in [0.25, 0.3) is 17.1 Å². The molecule has 0 fully saturated rings. The maximum Gasteiger partial charge on any atom is 0.342 e. The Bertz CT molecular complexity index is 1800. The first-order valence-electron chi connectivity index (χ1n) is 17.0. The first-order chi connectivity index (χ1) is 24.2. The van der Waals surface area contributed by atoms with Gasteiger partial charge in [-0.3, -0.25) is 9.59 Å². The Morgan fingerprint density at radius 1 is 1.12 bits per heavy atom. The van der Waals surface area contributed by atoms with Crippen molar-refractivity contribution < 1.29 is 34.1 Å². The number of aromatic nitrogens is 2. The fraction of sp³-hybridized carbons (Fsp3) is 0.385. The van der Waals surface area contributed by atoms with Crippen LogP contribution in [-0.4, -0.2) is 63.1 Å². The number of ketones is 1. The first kappa shape index (κ1) is 36.5. The number of benzene rings is 3. The highest BCUT2D eigenvalue weighted by Gasteiger charge is 2.32. The van der Waals surface area contributed by atoms with E-state index >= 15 is 0 Å². The van der Waals surface area contributed by atoms with E-state index < -0.39 is 29.8 Å². The van der Waals surface area contributed by atoms with Gasteiger partial charge in [-0.05, 0) is 92.5 Å². The number of cyclic esters (lactones) is 1. The van der Waals surface area contributed by atoms with Crippen LogP contribution in [-0.2, 0) is 14.3 Å². The summed E-state index contributed by atoms with van der Waals surface area (Å²) < 4.78 is 11.1. The van der Waals surface area contributed by atoms with Gasteiger partial charge in [-0.1, -0.05) is 36.4 Å². The summed E-state index contributed by atoms with van der Waals surface area (Å²) in [5.41, 5.74) is 2.52. The number of H-pyrrole nitrogens is 1. The number of para-hydroxylation sites is 2. The molecule has 50 heavy (non-hydrogen) atoms. The van der Waals surface area contributed by atoms with Crippen LogP contribution >= 0.6 is 11.8 Å². The highest BCUT2D eigenvalue weighted by molar-refractivity contribution is 7.98. The number of methoxy groups -OCH3 is 1. The predicted molar refractivity (Wildman–Crippen MR) is 196 cm³/mol. The number of amides is 1. The maximum absolute atomic E-state index is 14.0. The number of nitrogens with one attached hydrogen (secondary N) is 2. The molecule has 1 aromatic heterocycles. The molecule has 10 nitrogen and oxygen atoms in total. The van der Waals surface area contributed by atoms with Gasteiger partial charge in [0.05, 0.1) is 30.3 Å². The van der Waals surface area contributed by atoms with E-state index in [1.165, 1.54) is 6.07 Å². The molecule has 3 aromatic carbocycles. The first-order valence-corrected chi connectivity index (χ1v) is 18.4. The number of hydrogen-bond donors (Lipinski definition) is 4. The predicted octanol–water partition coefficient (Wildman–Crippen LogP) is 7.60. The molecule has 4 N–H and O–H groups in total. The zero-order chi connectivity index (χ0) is 35.6. The molecule has 0 bridgehead atoms. The van der Waals surface area contributed by atoms with Gasteiger partial charge in [-0.15, -0.1) is 0 Å². The van der Waals surface area contributed by atoms with Crippen molar-refractivity contribution in [2.45, 2.75) is 76.4 Å². The zero-order valence-corrected chi connectivity index (χ0v) is 29.6. The van der Waals surface area contributed by atoms with E-state index in [4.69, 9.17) is 14.5 Å². The molecule has 0 spiro atoms. The Labute approximate surface area is 296 Å². The van der Waals surface area contributed by atoms with Crippen LogP contribution in [0.2, 0.25) is 0 Å². The molecule has 2 heterocycles. The molecular formula is C39H45N3O7S. The van der Waals surface area contributed by atoms with E-state index in [0.717, 1.165) is 16.8 Å². The number of nitrogens with zero attached hydrogens (tertiary/aromatic N) is 1. The minimum atomic E-state index is -0.851. The van der Waals surface area contributed by atoms with Gasteiger partial charge >= 0.3 is 5.97 Å². The van der Waals surface area contributed by atoms with Crippen molar-refractivity contribution in [2.75, 3.05) is 19.1 Å². The fourth-order valence-electron chi connectivity index (χ4n) is 6.33. The number of Topliss-reactive ketones (excluding diaryl/α,β-unsaturated/α-hetero) is 1. The number of allylic oxidation sites excluding steroid dienone is 1. The summed E-state index contributed by atoms with van der Waals surface area (Å²) in [4.78, 5) is 48.0. The van der Waals surface area contributed by atoms with Crippen LogP contribution in [0.3, 0.4) is 0 Å². The molecule has 0 aliphatic carbocycles. The third kappa shape index (κ3) is 9.06. The number of carbonyl (C=O) groups is 3. The Balaban J connectivity index is 1.53. The third-order valence-electron chi connectivity index (χ3n) is 8.99. The number of phenols is 2. The number of phenolic OH excluding ortho intramolecular Hbond substituents is 2. The number of fused-ring (bicyclic) bond motifs is 2. The molecule has 1 amide bonds. The van der Waals surface area contributed by atoms with Gasteiger partial charge in [0.15, 0.2) is 0 Å². The van der Waals surface area contributed by atoms with Gasteiger partial charge in [0, 0.05) is 30.7 Å². The minimum absolute atomic E-state index is 0.0400. The summed E-state index contributed by atoms with van der Waals surface area (Å²) in [6.07, 6.45) is 8.62. The van der Waals surface area contributed by atoms with Gasteiger partial charge in [0.2, 0.25) is 5.91 Å². The average molecular weight is 700 g/mol. The zero-order valence-electron chi connectivity index (χ0n) is 28.7. The minimum Gasteiger partial charge on any atom is -0.507 e. The van der Waals surface area contributed by atoms with Crippen molar-refractivity contribution in [3.8, 4) is 17.2 Å². The largest absolute Gasteiger partial charge is 0.507 e. The molecule has 1 aliphatic rings. The van der Waals surface area contributed by atoms with E-state index in [1.54, 1.807) is 56.1 Å². The molecule has 3 unspecified atom stereocenters. The Morgan fingerprint density at radius 3 is 2.62 bits per heavy atom. The quantitative estimate of drug-likeness (QED) is 0.123. The van der Waals surface area contributed by atoms with Crippen molar-refractivity contribution in [3.05, 3.63) is 88.8 Å². The molecule has 0 saturated carbocycles. The van der Waals surface area contributed by atoms with Crippen LogP contribution in [0.4, 0.5) is 0 Å². The summed E-state index contributed by atoms with van der Waals surface area (Å²) >= 11 is 1.66. The van der Waals surface area contributed by atoms with E-state index in [9.17, 15) is 24.6 Å². The van der Waals surface area contributed by atoms with Crippen LogP contribution in [0.15, 0.2) is 60.7 Å². The fourth-order valence-corrected chi connectivity index (χ4v) is 6.80. The molecular weight excluding hydrogens is 655 g/mol. The Morgan fingerprint density at radius 2 is 1.88 bits per heavy atom. The summed E-state index contributed by atoms with van der Waals surface area (Å²) in [7, 11) is 1.55. The van der Waals surface area contributed by atoms with Crippen molar-refractivity contribution in [2.24, 2.45) is 0 Å². The standard InChI is InChI=1S/C39H45N3O7S/c1-24-10-9-13-27(43)12-6-4-5-11-26-22-33(44)36(37(46)35(26)39(47)49-24)29(25-16-18-28(48-2)19-17-25)23-34(45)40-32(20-21-50-3)38-41-30-14-7-8-15-31(30)42-38/h5,7-8,11,14-19,22,24,29,32,44,46H,4,6,9-10,12-13,20-21,23H2,1-3H3,(H,40,45)(H,41,42). The number of thioether (sulfide) groups is 1. The number of aromatic hydroxyl groups is 2. The Kier molecular flexibility index (Phi) is 12.6. The van der Waals surface area contributed by atoms with Gasteiger partial charge in [-0.2, -0.15) is 11.8 Å². The molecule has 0 saturated heterocycles. The number of imidazole rings is 1. The van der Waals surface area contributed by atoms with Crippen molar-refractivity contribution in [1.82, 2.24) is 15.3 Å². The van der Waals surface area contributed by atoms with Crippen LogP contribution in [0.5, 0.6) is 17.2 Å². The topological polar surface area (TPSA) is 151 Å². The summed E-state index contributed by atoms with van der Waals surface area (Å²) in [5.74, 6) is -0.461. The highest BCUT2D eigenvalue weighted by atomic mass is 32.2. The van der Waals surface area contributed by atoms with Gasteiger partial charge in [-0.25, -0.2) is 9.78 Å². The molecule has 11 heteroatoms. The number of aromatic amines is 1. The smallest absolute Gasteiger partial charge is 0.342 e. The second kappa shape index (κ2) is 17.2. The van der Waals surface area contributed by atoms with Gasteiger partial charge < -0.3 is 30.0 Å². The summed E-state index contributed by atoms with van der Waals surface area (Å²) in [6, 6.07) is 15.7. The number of esters is 1. The molecule has 4 aromatic rings. The van der Waals surface area contributed by atoms with E-state index in [1.807, 2.05) is 36.6 Å². The lowest BCUT2D eigenvalue weighted by Gasteiger charge is -2.24.